The van der Waals surface area contributed by atoms with Gasteiger partial charge in [-0.1, -0.05) is 18.2 Å². The van der Waals surface area contributed by atoms with Gasteiger partial charge in [0.1, 0.15) is 0 Å². The molecule has 72 valence electrons. The quantitative estimate of drug-likeness (QED) is 0.693. The molecule has 4 aliphatic rings. The molecule has 6 atom stereocenters. The molecule has 0 saturated heterocycles. The van der Waals surface area contributed by atoms with Crippen LogP contribution in [0.25, 0.3) is 0 Å². The lowest BCUT2D eigenvalue weighted by Gasteiger charge is -2.12. The molecular weight excluding hydrogens is 212 g/mol. The van der Waals surface area contributed by atoms with Crippen molar-refractivity contribution >= 4 is 23.4 Å². The molecule has 0 amide bonds. The van der Waals surface area contributed by atoms with Crippen molar-refractivity contribution in [2.45, 2.75) is 15.5 Å². The Hall–Kier alpha value is -0.140. The molecule has 4 aliphatic carbocycles. The highest BCUT2D eigenvalue weighted by Crippen LogP contribution is 2.84. The van der Waals surface area contributed by atoms with Crippen LogP contribution in [0.15, 0.2) is 35.2 Å². The van der Waals surface area contributed by atoms with Gasteiger partial charge in [-0.15, -0.1) is 23.4 Å². The molecule has 4 fully saturated rings. The summed E-state index contributed by atoms with van der Waals surface area (Å²) in [7, 11) is 0. The second-order valence-corrected chi connectivity index (χ2v) is 6.40. The molecule has 0 heterocycles. The minimum atomic E-state index is 0.459. The van der Waals surface area contributed by atoms with Gasteiger partial charge in [-0.25, -0.2) is 0 Å². The van der Waals surface area contributed by atoms with E-state index in [0.717, 1.165) is 23.7 Å². The summed E-state index contributed by atoms with van der Waals surface area (Å²) in [5, 5.41) is 1.17. The van der Waals surface area contributed by atoms with E-state index in [2.05, 4.69) is 30.3 Å². The zero-order chi connectivity index (χ0) is 9.28. The summed E-state index contributed by atoms with van der Waals surface area (Å²) in [6.45, 7) is 0. The molecule has 1 aromatic rings. The second-order valence-electron chi connectivity index (χ2n) is 4.65. The van der Waals surface area contributed by atoms with E-state index in [1.54, 1.807) is 0 Å². The predicted octanol–water partition coefficient (Wildman–Crippen LogP) is 3.26. The van der Waals surface area contributed by atoms with Crippen LogP contribution in [0.2, 0.25) is 0 Å². The third-order valence-electron chi connectivity index (χ3n) is 4.02. The molecule has 14 heavy (non-hydrogen) atoms. The number of benzene rings is 1. The summed E-state index contributed by atoms with van der Waals surface area (Å²) in [6.07, 6.45) is 0. The highest BCUT2D eigenvalue weighted by molar-refractivity contribution is 8.00. The van der Waals surface area contributed by atoms with E-state index < -0.39 is 0 Å². The van der Waals surface area contributed by atoms with Crippen LogP contribution in [-0.2, 0) is 0 Å². The Morgan fingerprint density at radius 3 is 2.21 bits per heavy atom. The third-order valence-corrected chi connectivity index (χ3v) is 6.15. The Labute approximate surface area is 93.0 Å². The van der Waals surface area contributed by atoms with Crippen molar-refractivity contribution in [2.75, 3.05) is 0 Å². The summed E-state index contributed by atoms with van der Waals surface area (Å²) >= 11 is 8.42. The summed E-state index contributed by atoms with van der Waals surface area (Å²) in [5.74, 6) is 3.97. The zero-order valence-corrected chi connectivity index (χ0v) is 9.21. The number of thioether (sulfide) groups is 1. The SMILES string of the molecule is Cl[C@@H]1C2C3C([C@@H]32)[C@H]1Sc1ccccc1. The molecule has 0 aliphatic heterocycles. The molecule has 0 radical (unpaired) electrons. The van der Waals surface area contributed by atoms with Gasteiger partial charge in [-0.2, -0.15) is 0 Å². The van der Waals surface area contributed by atoms with Gasteiger partial charge in [-0.3, -0.25) is 0 Å². The predicted molar refractivity (Wildman–Crippen MR) is 59.7 cm³/mol. The molecule has 1 aromatic carbocycles. The second kappa shape index (κ2) is 2.51. The van der Waals surface area contributed by atoms with E-state index in [1.165, 1.54) is 4.90 Å². The van der Waals surface area contributed by atoms with E-state index >= 15 is 0 Å². The van der Waals surface area contributed by atoms with Crippen molar-refractivity contribution in [2.24, 2.45) is 23.7 Å². The normalized spacial score (nSPS) is 51.5. The maximum Gasteiger partial charge on any atom is 0.0495 e. The Morgan fingerprint density at radius 1 is 0.929 bits per heavy atom. The molecule has 3 unspecified atom stereocenters. The molecule has 2 bridgehead atoms. The topological polar surface area (TPSA) is 0 Å². The Morgan fingerprint density at radius 2 is 1.64 bits per heavy atom. The van der Waals surface area contributed by atoms with Crippen LogP contribution >= 0.6 is 23.4 Å². The lowest BCUT2D eigenvalue weighted by molar-refractivity contribution is 0.652. The highest BCUT2D eigenvalue weighted by Gasteiger charge is 2.84. The van der Waals surface area contributed by atoms with Gasteiger partial charge in [0.15, 0.2) is 0 Å². The Balaban J connectivity index is 1.56. The van der Waals surface area contributed by atoms with E-state index in [9.17, 15) is 0 Å². The first kappa shape index (κ1) is 8.06. The van der Waals surface area contributed by atoms with E-state index in [4.69, 9.17) is 11.6 Å². The maximum absolute atomic E-state index is 6.42. The van der Waals surface area contributed by atoms with Crippen molar-refractivity contribution in [1.29, 1.82) is 0 Å². The van der Waals surface area contributed by atoms with Crippen LogP contribution < -0.4 is 0 Å². The minimum Gasteiger partial charge on any atom is -0.121 e. The van der Waals surface area contributed by atoms with E-state index in [1.807, 2.05) is 11.8 Å². The smallest absolute Gasteiger partial charge is 0.0495 e. The fourth-order valence-corrected chi connectivity index (χ4v) is 5.35. The number of rotatable bonds is 2. The fraction of sp³-hybridized carbons (Fsp3) is 0.500. The number of halogens is 1. The van der Waals surface area contributed by atoms with Crippen molar-refractivity contribution in [3.63, 3.8) is 0 Å². The van der Waals surface area contributed by atoms with Gasteiger partial charge in [0, 0.05) is 15.5 Å². The zero-order valence-electron chi connectivity index (χ0n) is 7.64. The first-order valence-corrected chi connectivity index (χ1v) is 6.55. The van der Waals surface area contributed by atoms with Crippen LogP contribution in [-0.4, -0.2) is 10.6 Å². The molecule has 2 heteroatoms. The average Bonchev–Trinajstić information content (AvgIpc) is 3.03. The standard InChI is InChI=1S/C12H11ClS/c13-11-9-7-8(9)10(7)12(11)14-6-4-2-1-3-5-6/h1-5,7-12H/t7-,8?,9?,10?,11+,12+/m0/s1. The van der Waals surface area contributed by atoms with Crippen molar-refractivity contribution < 1.29 is 0 Å². The van der Waals surface area contributed by atoms with Gasteiger partial charge in [0.05, 0.1) is 0 Å². The third kappa shape index (κ3) is 0.880. The molecular formula is C12H11ClS. The van der Waals surface area contributed by atoms with Crippen molar-refractivity contribution in [3.05, 3.63) is 30.3 Å². The number of alkyl halides is 1. The lowest BCUT2D eigenvalue weighted by atomic mass is 10.2. The average molecular weight is 223 g/mol. The van der Waals surface area contributed by atoms with Crippen molar-refractivity contribution in [1.82, 2.24) is 0 Å². The fourth-order valence-electron chi connectivity index (χ4n) is 3.23. The highest BCUT2D eigenvalue weighted by atomic mass is 35.5. The molecule has 0 N–H and O–H groups in total. The Bertz CT molecular complexity index is 367. The maximum atomic E-state index is 6.42. The van der Waals surface area contributed by atoms with Crippen LogP contribution in [0.3, 0.4) is 0 Å². The van der Waals surface area contributed by atoms with Crippen LogP contribution in [0.5, 0.6) is 0 Å². The first-order valence-electron chi connectivity index (χ1n) is 5.24. The summed E-state index contributed by atoms with van der Waals surface area (Å²) in [6, 6.07) is 10.7. The number of fused-ring (bicyclic) bond motifs is 1. The lowest BCUT2D eigenvalue weighted by Crippen LogP contribution is -2.10. The van der Waals surface area contributed by atoms with Crippen molar-refractivity contribution in [3.8, 4) is 0 Å². The molecule has 0 spiro atoms. The van der Waals surface area contributed by atoms with E-state index in [0.29, 0.717) is 10.6 Å². The van der Waals surface area contributed by atoms with Gasteiger partial charge in [0.25, 0.3) is 0 Å². The summed E-state index contributed by atoms with van der Waals surface area (Å²) in [4.78, 5) is 1.38. The van der Waals surface area contributed by atoms with Gasteiger partial charge >= 0.3 is 0 Å². The molecule has 0 nitrogen and oxygen atoms in total. The Kier molecular flexibility index (Phi) is 1.44. The van der Waals surface area contributed by atoms with Gasteiger partial charge in [0.2, 0.25) is 0 Å². The molecule has 5 rings (SSSR count). The summed E-state index contributed by atoms with van der Waals surface area (Å²) in [5.41, 5.74) is 0. The van der Waals surface area contributed by atoms with Crippen LogP contribution in [0.4, 0.5) is 0 Å². The van der Waals surface area contributed by atoms with E-state index in [-0.39, 0.29) is 0 Å². The summed E-state index contributed by atoms with van der Waals surface area (Å²) < 4.78 is 0. The number of hydrogen-bond donors (Lipinski definition) is 0. The monoisotopic (exact) mass is 222 g/mol. The number of hydrogen-bond acceptors (Lipinski definition) is 1. The van der Waals surface area contributed by atoms with Crippen LogP contribution in [0, 0.1) is 23.7 Å². The largest absolute Gasteiger partial charge is 0.121 e. The van der Waals surface area contributed by atoms with Crippen LogP contribution in [0.1, 0.15) is 0 Å². The van der Waals surface area contributed by atoms with Gasteiger partial charge < -0.3 is 0 Å². The minimum absolute atomic E-state index is 0.459. The first-order chi connectivity index (χ1) is 6.88. The molecule has 0 aromatic heterocycles. The molecule has 4 saturated carbocycles. The van der Waals surface area contributed by atoms with Gasteiger partial charge in [-0.05, 0) is 35.8 Å².